The number of carbonyl (C=O) groups is 1. The molecule has 162 valence electrons. The third-order valence-electron chi connectivity index (χ3n) is 4.70. The summed E-state index contributed by atoms with van der Waals surface area (Å²) < 4.78 is 35.2. The topological polar surface area (TPSA) is 68.2 Å². The molecule has 0 unspecified atom stereocenters. The molecule has 0 aliphatic rings. The van der Waals surface area contributed by atoms with Gasteiger partial charge in [-0.3, -0.25) is 0 Å². The second-order valence-corrected chi connectivity index (χ2v) is 6.97. The predicted molar refractivity (Wildman–Crippen MR) is 116 cm³/mol. The van der Waals surface area contributed by atoms with E-state index >= 15 is 0 Å². The van der Waals surface area contributed by atoms with Crippen molar-refractivity contribution in [3.63, 3.8) is 0 Å². The molecule has 0 saturated carbocycles. The summed E-state index contributed by atoms with van der Waals surface area (Å²) >= 11 is 0. The van der Waals surface area contributed by atoms with Crippen molar-refractivity contribution >= 4 is 6.03 Å². The van der Waals surface area contributed by atoms with Gasteiger partial charge in [0.2, 0.25) is 0 Å². The van der Waals surface area contributed by atoms with Gasteiger partial charge < -0.3 is 19.9 Å². The summed E-state index contributed by atoms with van der Waals surface area (Å²) in [6, 6.07) is 17.3. The van der Waals surface area contributed by atoms with Gasteiger partial charge in [-0.15, -0.1) is 0 Å². The second kappa shape index (κ2) is 9.74. The lowest BCUT2D eigenvalue weighted by Gasteiger charge is -2.11. The average molecular weight is 434 g/mol. The maximum atomic E-state index is 14.3. The first kappa shape index (κ1) is 21.0. The Balaban J connectivity index is 1.26. The van der Waals surface area contributed by atoms with Crippen LogP contribution in [0.15, 0.2) is 85.5 Å². The van der Waals surface area contributed by atoms with Gasteiger partial charge in [-0.25, -0.2) is 18.6 Å². The largest absolute Gasteiger partial charge is 0.451 e. The summed E-state index contributed by atoms with van der Waals surface area (Å²) in [5.74, 6) is -1.38. The van der Waals surface area contributed by atoms with E-state index in [0.717, 1.165) is 11.3 Å². The number of nitrogens with one attached hydrogen (secondary N) is 2. The highest BCUT2D eigenvalue weighted by atomic mass is 19.1. The van der Waals surface area contributed by atoms with E-state index in [0.29, 0.717) is 12.1 Å². The Morgan fingerprint density at radius 3 is 2.25 bits per heavy atom. The zero-order chi connectivity index (χ0) is 22.3. The van der Waals surface area contributed by atoms with Gasteiger partial charge in [0, 0.05) is 31.2 Å². The van der Waals surface area contributed by atoms with Gasteiger partial charge in [-0.05, 0) is 47.5 Å². The van der Waals surface area contributed by atoms with Crippen LogP contribution in [0, 0.1) is 11.6 Å². The minimum atomic E-state index is -0.647. The van der Waals surface area contributed by atoms with Crippen LogP contribution in [0.1, 0.15) is 11.1 Å². The molecule has 2 N–H and O–H groups in total. The molecule has 4 aromatic rings. The van der Waals surface area contributed by atoms with Gasteiger partial charge in [0.15, 0.2) is 23.1 Å². The summed E-state index contributed by atoms with van der Waals surface area (Å²) in [4.78, 5) is 16.1. The lowest BCUT2D eigenvalue weighted by atomic mass is 10.2. The molecule has 0 bridgehead atoms. The predicted octanol–water partition coefficient (Wildman–Crippen LogP) is 4.94. The Labute approximate surface area is 183 Å². The van der Waals surface area contributed by atoms with Crippen LogP contribution in [0.2, 0.25) is 0 Å². The van der Waals surface area contributed by atoms with Crippen molar-refractivity contribution < 1.29 is 18.3 Å². The van der Waals surface area contributed by atoms with E-state index in [2.05, 4.69) is 15.6 Å². The van der Waals surface area contributed by atoms with Crippen LogP contribution in [0.25, 0.3) is 5.69 Å². The summed E-state index contributed by atoms with van der Waals surface area (Å²) in [6.07, 6.45) is 5.26. The first-order chi connectivity index (χ1) is 15.6. The number of hydrogen-bond donors (Lipinski definition) is 2. The molecule has 32 heavy (non-hydrogen) atoms. The highest BCUT2D eigenvalue weighted by Crippen LogP contribution is 2.27. The number of urea groups is 1. The average Bonchev–Trinajstić information content (AvgIpc) is 3.35. The Kier molecular flexibility index (Phi) is 6.41. The van der Waals surface area contributed by atoms with Crippen LogP contribution < -0.4 is 15.4 Å². The molecular weight excluding hydrogens is 414 g/mol. The molecule has 1 heterocycles. The first-order valence-corrected chi connectivity index (χ1v) is 9.88. The van der Waals surface area contributed by atoms with E-state index in [1.807, 2.05) is 35.0 Å². The zero-order valence-electron chi connectivity index (χ0n) is 17.0. The van der Waals surface area contributed by atoms with Crippen LogP contribution in [0.4, 0.5) is 13.6 Å². The first-order valence-electron chi connectivity index (χ1n) is 9.88. The van der Waals surface area contributed by atoms with E-state index in [1.165, 1.54) is 30.3 Å². The fraction of sp³-hybridized carbons (Fsp3) is 0.0833. The molecule has 0 radical (unpaired) electrons. The van der Waals surface area contributed by atoms with Crippen molar-refractivity contribution in [3.8, 4) is 17.2 Å². The number of benzene rings is 3. The SMILES string of the molecule is O=C(NCc1ccc(-n2ccnc2)cc1)NCc1ccc(Oc2ccccc2F)c(F)c1. The summed E-state index contributed by atoms with van der Waals surface area (Å²) in [6.45, 7) is 0.474. The molecule has 8 heteroatoms. The van der Waals surface area contributed by atoms with Crippen LogP contribution in [0.5, 0.6) is 11.5 Å². The van der Waals surface area contributed by atoms with Gasteiger partial charge in [-0.1, -0.05) is 30.3 Å². The fourth-order valence-corrected chi connectivity index (χ4v) is 3.01. The molecule has 0 spiro atoms. The Morgan fingerprint density at radius 1 is 0.875 bits per heavy atom. The lowest BCUT2D eigenvalue weighted by molar-refractivity contribution is 0.240. The molecule has 3 aromatic carbocycles. The van der Waals surface area contributed by atoms with Crippen molar-refractivity contribution in [3.05, 3.63) is 108 Å². The van der Waals surface area contributed by atoms with E-state index in [1.54, 1.807) is 24.7 Å². The van der Waals surface area contributed by atoms with Gasteiger partial charge in [0.25, 0.3) is 0 Å². The molecule has 4 rings (SSSR count). The van der Waals surface area contributed by atoms with Gasteiger partial charge in [0.05, 0.1) is 6.33 Å². The molecule has 1 aromatic heterocycles. The van der Waals surface area contributed by atoms with Crippen molar-refractivity contribution in [2.75, 3.05) is 0 Å². The Bertz CT molecular complexity index is 1200. The normalized spacial score (nSPS) is 10.6. The van der Waals surface area contributed by atoms with Crippen LogP contribution in [-0.2, 0) is 13.1 Å². The number of para-hydroxylation sites is 1. The maximum absolute atomic E-state index is 14.3. The van der Waals surface area contributed by atoms with Gasteiger partial charge >= 0.3 is 6.03 Å². The molecule has 0 fully saturated rings. The van der Waals surface area contributed by atoms with E-state index in [-0.39, 0.29) is 24.1 Å². The zero-order valence-corrected chi connectivity index (χ0v) is 17.0. The van der Waals surface area contributed by atoms with Crippen LogP contribution in [0.3, 0.4) is 0 Å². The number of amides is 2. The van der Waals surface area contributed by atoms with Crippen molar-refractivity contribution in [1.82, 2.24) is 20.2 Å². The molecule has 6 nitrogen and oxygen atoms in total. The van der Waals surface area contributed by atoms with E-state index < -0.39 is 11.6 Å². The molecule has 0 atom stereocenters. The summed E-state index contributed by atoms with van der Waals surface area (Å²) in [5.41, 5.74) is 2.45. The van der Waals surface area contributed by atoms with Gasteiger partial charge in [-0.2, -0.15) is 0 Å². The molecule has 2 amide bonds. The van der Waals surface area contributed by atoms with Crippen molar-refractivity contribution in [1.29, 1.82) is 0 Å². The smallest absolute Gasteiger partial charge is 0.315 e. The maximum Gasteiger partial charge on any atom is 0.315 e. The highest BCUT2D eigenvalue weighted by molar-refractivity contribution is 5.73. The van der Waals surface area contributed by atoms with Crippen molar-refractivity contribution in [2.45, 2.75) is 13.1 Å². The number of nitrogens with zero attached hydrogens (tertiary/aromatic N) is 2. The number of carbonyl (C=O) groups excluding carboxylic acids is 1. The molecule has 0 aliphatic carbocycles. The fourth-order valence-electron chi connectivity index (χ4n) is 3.01. The lowest BCUT2D eigenvalue weighted by Crippen LogP contribution is -2.34. The molecule has 0 saturated heterocycles. The quantitative estimate of drug-likeness (QED) is 0.433. The summed E-state index contributed by atoms with van der Waals surface area (Å²) in [7, 11) is 0. The van der Waals surface area contributed by atoms with Gasteiger partial charge in [0.1, 0.15) is 0 Å². The minimum absolute atomic E-state index is 0.0605. The van der Waals surface area contributed by atoms with Crippen molar-refractivity contribution in [2.24, 2.45) is 0 Å². The third-order valence-corrected chi connectivity index (χ3v) is 4.70. The highest BCUT2D eigenvalue weighted by Gasteiger charge is 2.10. The standard InChI is InChI=1S/C24H20F2N4O2/c25-20-3-1-2-4-22(20)32-23-10-7-18(13-21(23)26)15-29-24(31)28-14-17-5-8-19(9-6-17)30-12-11-27-16-30/h1-13,16H,14-15H2,(H2,28,29,31). The number of hydrogen-bond acceptors (Lipinski definition) is 3. The third kappa shape index (κ3) is 5.28. The number of imidazole rings is 1. The number of aromatic nitrogens is 2. The number of rotatable bonds is 7. The number of ether oxygens (including phenoxy) is 1. The van der Waals surface area contributed by atoms with Crippen LogP contribution >= 0.6 is 0 Å². The monoisotopic (exact) mass is 434 g/mol. The van der Waals surface area contributed by atoms with Crippen LogP contribution in [-0.4, -0.2) is 15.6 Å². The Hall–Kier alpha value is -4.20. The number of halogens is 2. The molecular formula is C24H20F2N4O2. The Morgan fingerprint density at radius 2 is 1.56 bits per heavy atom. The second-order valence-electron chi connectivity index (χ2n) is 6.97. The minimum Gasteiger partial charge on any atom is -0.451 e. The van der Waals surface area contributed by atoms with E-state index in [9.17, 15) is 13.6 Å². The van der Waals surface area contributed by atoms with E-state index in [4.69, 9.17) is 4.74 Å². The molecule has 0 aliphatic heterocycles. The summed E-state index contributed by atoms with van der Waals surface area (Å²) in [5, 5.41) is 5.44.